The average molecular weight is 447 g/mol. The maximum atomic E-state index is 13.8. The van der Waals surface area contributed by atoms with Gasteiger partial charge in [-0.2, -0.15) is 0 Å². The summed E-state index contributed by atoms with van der Waals surface area (Å²) in [5.74, 6) is -0.249. The Hall–Kier alpha value is -3.57. The summed E-state index contributed by atoms with van der Waals surface area (Å²) in [6.07, 6.45) is 0. The van der Waals surface area contributed by atoms with Crippen LogP contribution in [0.1, 0.15) is 18.1 Å². The van der Waals surface area contributed by atoms with Crippen molar-refractivity contribution >= 4 is 40.4 Å². The van der Waals surface area contributed by atoms with Crippen LogP contribution in [0.15, 0.2) is 78.5 Å². The summed E-state index contributed by atoms with van der Waals surface area (Å²) >= 11 is 6.12. The molecule has 0 atom stereocenters. The fourth-order valence-electron chi connectivity index (χ4n) is 4.03. The molecule has 4 rings (SSSR count). The monoisotopic (exact) mass is 446 g/mol. The molecule has 0 N–H and O–H groups in total. The zero-order valence-electron chi connectivity index (χ0n) is 18.1. The zero-order valence-corrected chi connectivity index (χ0v) is 18.9. The SMILES string of the molecule is CCN(C1=C(c2ccccc2OC)C(=O)N(c2ccc(Cl)cc2C)C1=O)c1ccccc1. The molecule has 0 spiro atoms. The minimum Gasteiger partial charge on any atom is -0.496 e. The highest BCUT2D eigenvalue weighted by Gasteiger charge is 2.43. The molecule has 0 bridgehead atoms. The van der Waals surface area contributed by atoms with Gasteiger partial charge in [0.05, 0.1) is 18.4 Å². The number of likely N-dealkylation sites (N-methyl/N-ethyl adjacent to an activating group) is 1. The molecule has 2 amide bonds. The van der Waals surface area contributed by atoms with Crippen LogP contribution in [0, 0.1) is 6.92 Å². The smallest absolute Gasteiger partial charge is 0.282 e. The Labute approximate surface area is 192 Å². The van der Waals surface area contributed by atoms with E-state index in [0.717, 1.165) is 11.3 Å². The number of benzene rings is 3. The topological polar surface area (TPSA) is 49.9 Å². The number of anilines is 2. The van der Waals surface area contributed by atoms with Gasteiger partial charge in [0.1, 0.15) is 11.4 Å². The van der Waals surface area contributed by atoms with E-state index >= 15 is 0 Å². The second-order valence-corrected chi connectivity index (χ2v) is 7.82. The van der Waals surface area contributed by atoms with Crippen molar-refractivity contribution in [1.82, 2.24) is 0 Å². The van der Waals surface area contributed by atoms with Crippen molar-refractivity contribution in [3.05, 3.63) is 94.6 Å². The summed E-state index contributed by atoms with van der Waals surface area (Å²) in [7, 11) is 1.55. The van der Waals surface area contributed by atoms with E-state index in [-0.39, 0.29) is 5.91 Å². The van der Waals surface area contributed by atoms with Crippen LogP contribution in [0.25, 0.3) is 5.57 Å². The van der Waals surface area contributed by atoms with Crippen molar-refractivity contribution in [3.8, 4) is 5.75 Å². The molecule has 0 aromatic heterocycles. The third-order valence-electron chi connectivity index (χ3n) is 5.49. The fourth-order valence-corrected chi connectivity index (χ4v) is 4.26. The Morgan fingerprint density at radius 1 is 0.938 bits per heavy atom. The van der Waals surface area contributed by atoms with Crippen LogP contribution in [-0.2, 0) is 9.59 Å². The quantitative estimate of drug-likeness (QED) is 0.471. The summed E-state index contributed by atoms with van der Waals surface area (Å²) in [6, 6.07) is 21.9. The number of methoxy groups -OCH3 is 1. The lowest BCUT2D eigenvalue weighted by Gasteiger charge is -2.25. The summed E-state index contributed by atoms with van der Waals surface area (Å²) in [5, 5.41) is 0.544. The minimum absolute atomic E-state index is 0.313. The minimum atomic E-state index is -0.394. The highest BCUT2D eigenvalue weighted by Crippen LogP contribution is 2.40. The van der Waals surface area contributed by atoms with E-state index in [0.29, 0.717) is 39.8 Å². The van der Waals surface area contributed by atoms with Crippen molar-refractivity contribution in [2.24, 2.45) is 0 Å². The number of carbonyl (C=O) groups is 2. The highest BCUT2D eigenvalue weighted by atomic mass is 35.5. The molecule has 5 nitrogen and oxygen atoms in total. The van der Waals surface area contributed by atoms with Gasteiger partial charge in [-0.15, -0.1) is 0 Å². The van der Waals surface area contributed by atoms with Gasteiger partial charge in [0.15, 0.2) is 0 Å². The van der Waals surface area contributed by atoms with Gasteiger partial charge in [0, 0.05) is 22.8 Å². The molecule has 1 heterocycles. The van der Waals surface area contributed by atoms with Crippen LogP contribution in [-0.4, -0.2) is 25.5 Å². The highest BCUT2D eigenvalue weighted by molar-refractivity contribution is 6.46. The molecule has 0 fully saturated rings. The first-order chi connectivity index (χ1) is 15.5. The second-order valence-electron chi connectivity index (χ2n) is 7.38. The standard InChI is InChI=1S/C26H23ClN2O3/c1-4-28(19-10-6-5-7-11-19)24-23(20-12-8-9-13-22(20)32-3)25(30)29(26(24)31)21-15-14-18(27)16-17(21)2/h5-16H,4H2,1-3H3. The number of imide groups is 1. The number of halogens is 1. The zero-order chi connectivity index (χ0) is 22.8. The molecule has 0 unspecified atom stereocenters. The van der Waals surface area contributed by atoms with Crippen LogP contribution in [0.2, 0.25) is 5.02 Å². The second kappa shape index (κ2) is 8.89. The van der Waals surface area contributed by atoms with Gasteiger partial charge in [0.2, 0.25) is 0 Å². The maximum absolute atomic E-state index is 13.8. The molecule has 0 radical (unpaired) electrons. The maximum Gasteiger partial charge on any atom is 0.282 e. The molecule has 6 heteroatoms. The van der Waals surface area contributed by atoms with Crippen molar-refractivity contribution in [1.29, 1.82) is 0 Å². The number of aryl methyl sites for hydroxylation is 1. The summed E-state index contributed by atoms with van der Waals surface area (Å²) in [6.45, 7) is 4.29. The van der Waals surface area contributed by atoms with Gasteiger partial charge >= 0.3 is 0 Å². The summed E-state index contributed by atoms with van der Waals surface area (Å²) < 4.78 is 5.54. The lowest BCUT2D eigenvalue weighted by molar-refractivity contribution is -0.120. The van der Waals surface area contributed by atoms with Crippen molar-refractivity contribution in [2.45, 2.75) is 13.8 Å². The Morgan fingerprint density at radius 2 is 1.62 bits per heavy atom. The predicted octanol–water partition coefficient (Wildman–Crippen LogP) is 5.47. The first-order valence-electron chi connectivity index (χ1n) is 10.3. The van der Waals surface area contributed by atoms with Crippen LogP contribution >= 0.6 is 11.6 Å². The summed E-state index contributed by atoms with van der Waals surface area (Å²) in [5.41, 5.74) is 3.29. The van der Waals surface area contributed by atoms with E-state index in [1.165, 1.54) is 4.90 Å². The Kier molecular flexibility index (Phi) is 6.01. The van der Waals surface area contributed by atoms with Gasteiger partial charge in [0.25, 0.3) is 11.8 Å². The average Bonchev–Trinajstić information content (AvgIpc) is 3.05. The Bertz CT molecular complexity index is 1220. The Morgan fingerprint density at radius 3 is 2.28 bits per heavy atom. The fraction of sp³-hybridized carbons (Fsp3) is 0.154. The van der Waals surface area contributed by atoms with Crippen LogP contribution in [0.3, 0.4) is 0 Å². The molecule has 3 aromatic carbocycles. The van der Waals surface area contributed by atoms with Crippen molar-refractivity contribution < 1.29 is 14.3 Å². The first kappa shape index (κ1) is 21.7. The van der Waals surface area contributed by atoms with Crippen molar-refractivity contribution in [2.75, 3.05) is 23.5 Å². The molecule has 0 saturated heterocycles. The number of hydrogen-bond acceptors (Lipinski definition) is 4. The molecule has 1 aliphatic heterocycles. The number of rotatable bonds is 6. The third kappa shape index (κ3) is 3.65. The molecule has 0 saturated carbocycles. The van der Waals surface area contributed by atoms with Crippen molar-refractivity contribution in [3.63, 3.8) is 0 Å². The van der Waals surface area contributed by atoms with E-state index in [1.807, 2.05) is 61.2 Å². The van der Waals surface area contributed by atoms with E-state index < -0.39 is 5.91 Å². The molecule has 32 heavy (non-hydrogen) atoms. The predicted molar refractivity (Wildman–Crippen MR) is 128 cm³/mol. The van der Waals surface area contributed by atoms with Crippen LogP contribution < -0.4 is 14.5 Å². The molecule has 1 aliphatic rings. The molecule has 162 valence electrons. The van der Waals surface area contributed by atoms with E-state index in [4.69, 9.17) is 16.3 Å². The molecule has 0 aliphatic carbocycles. The van der Waals surface area contributed by atoms with E-state index in [2.05, 4.69) is 0 Å². The van der Waals surface area contributed by atoms with Crippen LogP contribution in [0.4, 0.5) is 11.4 Å². The van der Waals surface area contributed by atoms with Gasteiger partial charge in [-0.3, -0.25) is 9.59 Å². The van der Waals surface area contributed by atoms with Gasteiger partial charge in [-0.05, 0) is 55.8 Å². The largest absolute Gasteiger partial charge is 0.496 e. The molecular formula is C26H23ClN2O3. The Balaban J connectivity index is 1.96. The number of amides is 2. The van der Waals surface area contributed by atoms with Gasteiger partial charge in [-0.25, -0.2) is 4.90 Å². The number of para-hydroxylation sites is 2. The lowest BCUT2D eigenvalue weighted by Crippen LogP contribution is -2.35. The van der Waals surface area contributed by atoms with E-state index in [9.17, 15) is 9.59 Å². The third-order valence-corrected chi connectivity index (χ3v) is 5.72. The number of nitrogens with zero attached hydrogens (tertiary/aromatic N) is 2. The van der Waals surface area contributed by atoms with Gasteiger partial charge < -0.3 is 9.64 Å². The number of hydrogen-bond donors (Lipinski definition) is 0. The lowest BCUT2D eigenvalue weighted by atomic mass is 10.0. The molecular weight excluding hydrogens is 424 g/mol. The van der Waals surface area contributed by atoms with E-state index in [1.54, 1.807) is 37.4 Å². The first-order valence-corrected chi connectivity index (χ1v) is 10.7. The van der Waals surface area contributed by atoms with Gasteiger partial charge in [-0.1, -0.05) is 48.0 Å². The molecule has 3 aromatic rings. The number of ether oxygens (including phenoxy) is 1. The summed E-state index contributed by atoms with van der Waals surface area (Å²) in [4.78, 5) is 30.8. The number of carbonyl (C=O) groups excluding carboxylic acids is 2. The van der Waals surface area contributed by atoms with Crippen LogP contribution in [0.5, 0.6) is 5.75 Å². The normalized spacial score (nSPS) is 13.7.